The third-order valence-electron chi connectivity index (χ3n) is 2.21. The number of ether oxygens (including phenoxy) is 2. The van der Waals surface area contributed by atoms with Crippen molar-refractivity contribution in [3.63, 3.8) is 0 Å². The number of nitrogens with zero attached hydrogens (tertiary/aromatic N) is 3. The van der Waals surface area contributed by atoms with Crippen LogP contribution >= 0.6 is 0 Å². The number of hydrogen-bond acceptors (Lipinski definition) is 5. The zero-order chi connectivity index (χ0) is 12.1. The highest BCUT2D eigenvalue weighted by atomic mass is 16.5. The van der Waals surface area contributed by atoms with Crippen LogP contribution in [0.2, 0.25) is 0 Å². The second kappa shape index (κ2) is 5.25. The summed E-state index contributed by atoms with van der Waals surface area (Å²) in [5.74, 6) is 0.625. The summed E-state index contributed by atoms with van der Waals surface area (Å²) in [6.45, 7) is 0. The van der Waals surface area contributed by atoms with Crippen LogP contribution in [0.5, 0.6) is 12.0 Å². The van der Waals surface area contributed by atoms with Crippen LogP contribution < -0.4 is 9.47 Å². The highest BCUT2D eigenvalue weighted by Gasteiger charge is 2.07. The molecule has 0 fully saturated rings. The normalized spacial score (nSPS) is 10.0. The third kappa shape index (κ3) is 2.90. The zero-order valence-corrected chi connectivity index (χ0v) is 9.75. The average Bonchev–Trinajstić information content (AvgIpc) is 2.39. The quantitative estimate of drug-likeness (QED) is 0.797. The van der Waals surface area contributed by atoms with Crippen LogP contribution in [0.15, 0.2) is 30.3 Å². The number of methoxy groups -OCH3 is 2. The van der Waals surface area contributed by atoms with E-state index in [4.69, 9.17) is 9.47 Å². The molecule has 5 heteroatoms. The molecule has 0 radical (unpaired) electrons. The molecule has 0 aliphatic carbocycles. The van der Waals surface area contributed by atoms with Crippen molar-refractivity contribution in [2.45, 2.75) is 6.42 Å². The molecule has 0 N–H and O–H groups in total. The van der Waals surface area contributed by atoms with E-state index in [1.807, 2.05) is 30.3 Å². The molecular formula is C12H13N3O2. The van der Waals surface area contributed by atoms with Gasteiger partial charge in [-0.05, 0) is 5.56 Å². The standard InChI is InChI=1S/C12H13N3O2/c1-16-11-13-10(14-12(15-11)17-2)8-9-6-4-3-5-7-9/h3-7H,8H2,1-2H3. The summed E-state index contributed by atoms with van der Waals surface area (Å²) in [5.41, 5.74) is 1.13. The van der Waals surface area contributed by atoms with Gasteiger partial charge >= 0.3 is 12.0 Å². The van der Waals surface area contributed by atoms with Crippen LogP contribution in [0.25, 0.3) is 0 Å². The third-order valence-corrected chi connectivity index (χ3v) is 2.21. The second-order valence-corrected chi connectivity index (χ2v) is 3.39. The van der Waals surface area contributed by atoms with Crippen LogP contribution in [0.4, 0.5) is 0 Å². The zero-order valence-electron chi connectivity index (χ0n) is 9.75. The van der Waals surface area contributed by atoms with Crippen LogP contribution in [-0.2, 0) is 6.42 Å². The molecule has 0 unspecified atom stereocenters. The fraction of sp³-hybridized carbons (Fsp3) is 0.250. The minimum Gasteiger partial charge on any atom is -0.467 e. The van der Waals surface area contributed by atoms with Gasteiger partial charge in [0.25, 0.3) is 0 Å². The van der Waals surface area contributed by atoms with Crippen LogP contribution in [0.1, 0.15) is 11.4 Å². The number of hydrogen-bond donors (Lipinski definition) is 0. The van der Waals surface area contributed by atoms with Crippen molar-refractivity contribution in [1.82, 2.24) is 15.0 Å². The molecule has 0 aliphatic heterocycles. The van der Waals surface area contributed by atoms with E-state index in [0.29, 0.717) is 12.2 Å². The Kier molecular flexibility index (Phi) is 3.49. The first-order chi connectivity index (χ1) is 8.31. The first kappa shape index (κ1) is 11.3. The first-order valence-corrected chi connectivity index (χ1v) is 5.18. The van der Waals surface area contributed by atoms with Crippen molar-refractivity contribution in [2.24, 2.45) is 0 Å². The molecule has 0 saturated heterocycles. The first-order valence-electron chi connectivity index (χ1n) is 5.18. The Labute approximate surface area is 99.5 Å². The van der Waals surface area contributed by atoms with Crippen LogP contribution in [0.3, 0.4) is 0 Å². The van der Waals surface area contributed by atoms with Crippen molar-refractivity contribution >= 4 is 0 Å². The molecule has 0 bridgehead atoms. The molecule has 2 aromatic rings. The molecule has 1 aromatic heterocycles. The summed E-state index contributed by atoms with van der Waals surface area (Å²) in [7, 11) is 3.03. The molecule has 2 rings (SSSR count). The van der Waals surface area contributed by atoms with Gasteiger partial charge < -0.3 is 9.47 Å². The number of aromatic nitrogens is 3. The van der Waals surface area contributed by atoms with Crippen molar-refractivity contribution in [3.8, 4) is 12.0 Å². The lowest BCUT2D eigenvalue weighted by Crippen LogP contribution is -2.04. The summed E-state index contributed by atoms with van der Waals surface area (Å²) in [4.78, 5) is 12.3. The van der Waals surface area contributed by atoms with E-state index < -0.39 is 0 Å². The molecule has 1 heterocycles. The van der Waals surface area contributed by atoms with Gasteiger partial charge in [0.1, 0.15) is 5.82 Å². The van der Waals surface area contributed by atoms with Crippen molar-refractivity contribution in [1.29, 1.82) is 0 Å². The Bertz CT molecular complexity index is 466. The largest absolute Gasteiger partial charge is 0.467 e. The van der Waals surface area contributed by atoms with Crippen LogP contribution in [-0.4, -0.2) is 29.2 Å². The molecule has 0 amide bonds. The van der Waals surface area contributed by atoms with Gasteiger partial charge in [-0.2, -0.15) is 9.97 Å². The van der Waals surface area contributed by atoms with Crippen LogP contribution in [0, 0.1) is 0 Å². The molecule has 88 valence electrons. The van der Waals surface area contributed by atoms with E-state index in [0.717, 1.165) is 5.56 Å². The Balaban J connectivity index is 2.26. The molecule has 5 nitrogen and oxygen atoms in total. The minimum absolute atomic E-state index is 0.266. The molecule has 0 aliphatic rings. The molecular weight excluding hydrogens is 218 g/mol. The summed E-state index contributed by atoms with van der Waals surface area (Å²) < 4.78 is 9.99. The van der Waals surface area contributed by atoms with Gasteiger partial charge in [-0.1, -0.05) is 30.3 Å². The highest BCUT2D eigenvalue weighted by Crippen LogP contribution is 2.12. The Hall–Kier alpha value is -2.17. The van der Waals surface area contributed by atoms with Gasteiger partial charge in [-0.15, -0.1) is 4.98 Å². The second-order valence-electron chi connectivity index (χ2n) is 3.39. The number of rotatable bonds is 4. The topological polar surface area (TPSA) is 57.1 Å². The van der Waals surface area contributed by atoms with E-state index in [1.165, 1.54) is 14.2 Å². The maximum absolute atomic E-state index is 4.99. The van der Waals surface area contributed by atoms with Crippen molar-refractivity contribution < 1.29 is 9.47 Å². The van der Waals surface area contributed by atoms with Gasteiger partial charge in [0.05, 0.1) is 14.2 Å². The highest BCUT2D eigenvalue weighted by molar-refractivity contribution is 5.20. The number of benzene rings is 1. The van der Waals surface area contributed by atoms with E-state index >= 15 is 0 Å². The van der Waals surface area contributed by atoms with E-state index in [-0.39, 0.29) is 12.0 Å². The van der Waals surface area contributed by atoms with Crippen molar-refractivity contribution in [3.05, 3.63) is 41.7 Å². The summed E-state index contributed by atoms with van der Waals surface area (Å²) >= 11 is 0. The molecule has 0 atom stereocenters. The van der Waals surface area contributed by atoms with Crippen molar-refractivity contribution in [2.75, 3.05) is 14.2 Å². The molecule has 0 spiro atoms. The molecule has 0 saturated carbocycles. The monoisotopic (exact) mass is 231 g/mol. The lowest BCUT2D eigenvalue weighted by atomic mass is 10.1. The van der Waals surface area contributed by atoms with Gasteiger partial charge in [-0.25, -0.2) is 0 Å². The lowest BCUT2D eigenvalue weighted by molar-refractivity contribution is 0.337. The Morgan fingerprint density at radius 3 is 2.00 bits per heavy atom. The fourth-order valence-electron chi connectivity index (χ4n) is 1.42. The average molecular weight is 231 g/mol. The van der Waals surface area contributed by atoms with Gasteiger partial charge in [0.15, 0.2) is 0 Å². The van der Waals surface area contributed by atoms with E-state index in [9.17, 15) is 0 Å². The Morgan fingerprint density at radius 2 is 1.47 bits per heavy atom. The molecule has 17 heavy (non-hydrogen) atoms. The maximum atomic E-state index is 4.99. The van der Waals surface area contributed by atoms with Gasteiger partial charge in [0, 0.05) is 6.42 Å². The smallest absolute Gasteiger partial charge is 0.322 e. The molecule has 1 aromatic carbocycles. The lowest BCUT2D eigenvalue weighted by Gasteiger charge is -2.04. The maximum Gasteiger partial charge on any atom is 0.322 e. The SMILES string of the molecule is COc1nc(Cc2ccccc2)nc(OC)n1. The van der Waals surface area contributed by atoms with E-state index in [2.05, 4.69) is 15.0 Å². The predicted molar refractivity (Wildman–Crippen MR) is 62.2 cm³/mol. The van der Waals surface area contributed by atoms with E-state index in [1.54, 1.807) is 0 Å². The summed E-state index contributed by atoms with van der Waals surface area (Å²) in [6, 6.07) is 10.5. The minimum atomic E-state index is 0.266. The Morgan fingerprint density at radius 1 is 0.882 bits per heavy atom. The van der Waals surface area contributed by atoms with Gasteiger partial charge in [0.2, 0.25) is 0 Å². The summed E-state index contributed by atoms with van der Waals surface area (Å²) in [6.07, 6.45) is 0.621. The predicted octanol–water partition coefficient (Wildman–Crippen LogP) is 1.48. The summed E-state index contributed by atoms with van der Waals surface area (Å²) in [5, 5.41) is 0. The fourth-order valence-corrected chi connectivity index (χ4v) is 1.42. The van der Waals surface area contributed by atoms with Gasteiger partial charge in [-0.3, -0.25) is 0 Å².